The van der Waals surface area contributed by atoms with Crippen LogP contribution < -0.4 is 16.4 Å². The number of nitrogens with two attached hydrogens (primary N) is 1. The standard InChI is InChI=1S/C24H29F2N5O4/c25-16-11-24(12-16,19(32)20(27)33)30-22(35)18(13-23(26)6-1-2-7-23)29-21(34)15-4-3-5-17(10-15)31-9-8-28-14-31/h3-5,8-10,14,16,18-19,32H,1-2,6-7,11-13H2,(H2,27,33)(H,29,34)(H,30,35)/t16-,18-,19?,24-/m0/s1. The van der Waals surface area contributed by atoms with Gasteiger partial charge in [0.1, 0.15) is 17.9 Å². The van der Waals surface area contributed by atoms with Gasteiger partial charge in [-0.05, 0) is 31.0 Å². The second-order valence-electron chi connectivity index (χ2n) is 9.56. The smallest absolute Gasteiger partial charge is 0.252 e. The zero-order valence-corrected chi connectivity index (χ0v) is 19.1. The van der Waals surface area contributed by atoms with Crippen LogP contribution >= 0.6 is 0 Å². The number of rotatable bonds is 9. The molecule has 2 saturated carbocycles. The Morgan fingerprint density at radius 3 is 2.57 bits per heavy atom. The van der Waals surface area contributed by atoms with E-state index in [1.807, 2.05) is 0 Å². The first kappa shape index (κ1) is 24.8. The van der Waals surface area contributed by atoms with Crippen LogP contribution in [0.1, 0.15) is 55.3 Å². The van der Waals surface area contributed by atoms with Crippen LogP contribution in [0.15, 0.2) is 43.0 Å². The fraction of sp³-hybridized carbons (Fsp3) is 0.500. The molecule has 1 aromatic heterocycles. The average Bonchev–Trinajstić information content (AvgIpc) is 3.49. The van der Waals surface area contributed by atoms with Gasteiger partial charge in [-0.2, -0.15) is 0 Å². The second kappa shape index (κ2) is 9.73. The quantitative estimate of drug-likeness (QED) is 0.423. The fourth-order valence-electron chi connectivity index (χ4n) is 4.98. The number of carbonyl (C=O) groups is 3. The summed E-state index contributed by atoms with van der Waals surface area (Å²) in [7, 11) is 0. The highest BCUT2D eigenvalue weighted by Crippen LogP contribution is 2.39. The molecule has 2 aromatic rings. The third-order valence-corrected chi connectivity index (χ3v) is 6.94. The predicted molar refractivity (Wildman–Crippen MR) is 122 cm³/mol. The number of aromatic nitrogens is 2. The number of primary amides is 1. The molecule has 9 nitrogen and oxygen atoms in total. The summed E-state index contributed by atoms with van der Waals surface area (Å²) in [6.45, 7) is 0. The van der Waals surface area contributed by atoms with E-state index >= 15 is 4.39 Å². The van der Waals surface area contributed by atoms with Crippen molar-refractivity contribution in [2.24, 2.45) is 5.73 Å². The van der Waals surface area contributed by atoms with Gasteiger partial charge < -0.3 is 26.0 Å². The lowest BCUT2D eigenvalue weighted by Crippen LogP contribution is -2.70. The van der Waals surface area contributed by atoms with Crippen LogP contribution in [0.25, 0.3) is 5.69 Å². The number of aliphatic hydroxyl groups is 1. The lowest BCUT2D eigenvalue weighted by Gasteiger charge is -2.47. The fourth-order valence-corrected chi connectivity index (χ4v) is 4.98. The van der Waals surface area contributed by atoms with E-state index in [9.17, 15) is 23.9 Å². The third-order valence-electron chi connectivity index (χ3n) is 6.94. The number of hydrogen-bond donors (Lipinski definition) is 4. The van der Waals surface area contributed by atoms with Crippen LogP contribution in [-0.4, -0.2) is 61.9 Å². The molecule has 11 heteroatoms. The van der Waals surface area contributed by atoms with Gasteiger partial charge in [0.05, 0.1) is 11.9 Å². The molecule has 4 rings (SSSR count). The van der Waals surface area contributed by atoms with Crippen LogP contribution in [0.5, 0.6) is 0 Å². The average molecular weight is 490 g/mol. The minimum Gasteiger partial charge on any atom is -0.381 e. The SMILES string of the molecule is NC(=O)C(O)[C@]1(NC(=O)[C@H](CC2(F)CCCC2)NC(=O)c2cccc(-n3ccnc3)c2)C[C@H](F)C1. The molecule has 1 heterocycles. The molecule has 1 aromatic carbocycles. The molecule has 1 unspecified atom stereocenters. The van der Waals surface area contributed by atoms with Gasteiger partial charge in [-0.3, -0.25) is 14.4 Å². The van der Waals surface area contributed by atoms with Gasteiger partial charge >= 0.3 is 0 Å². The van der Waals surface area contributed by atoms with Gasteiger partial charge in [-0.15, -0.1) is 0 Å². The van der Waals surface area contributed by atoms with Crippen molar-refractivity contribution in [1.29, 1.82) is 0 Å². The van der Waals surface area contributed by atoms with Crippen molar-refractivity contribution in [2.45, 2.75) is 74.5 Å². The van der Waals surface area contributed by atoms with Crippen LogP contribution in [0, 0.1) is 0 Å². The Morgan fingerprint density at radius 2 is 1.97 bits per heavy atom. The van der Waals surface area contributed by atoms with Crippen LogP contribution in [0.2, 0.25) is 0 Å². The summed E-state index contributed by atoms with van der Waals surface area (Å²) in [4.78, 5) is 41.9. The topological polar surface area (TPSA) is 139 Å². The maximum Gasteiger partial charge on any atom is 0.252 e. The maximum absolute atomic E-state index is 15.4. The Labute approximate surface area is 201 Å². The van der Waals surface area contributed by atoms with Crippen molar-refractivity contribution in [3.8, 4) is 5.69 Å². The number of amides is 3. The molecular weight excluding hydrogens is 460 g/mol. The Balaban J connectivity index is 1.55. The van der Waals surface area contributed by atoms with E-state index in [1.165, 1.54) is 0 Å². The van der Waals surface area contributed by atoms with Crippen LogP contribution in [-0.2, 0) is 9.59 Å². The van der Waals surface area contributed by atoms with Crippen molar-refractivity contribution in [3.63, 3.8) is 0 Å². The van der Waals surface area contributed by atoms with Crippen molar-refractivity contribution >= 4 is 17.7 Å². The van der Waals surface area contributed by atoms with Crippen LogP contribution in [0.4, 0.5) is 8.78 Å². The first-order chi connectivity index (χ1) is 16.6. The van der Waals surface area contributed by atoms with E-state index in [0.29, 0.717) is 18.5 Å². The number of carbonyl (C=O) groups excluding carboxylic acids is 3. The predicted octanol–water partition coefficient (Wildman–Crippen LogP) is 1.48. The van der Waals surface area contributed by atoms with E-state index < -0.39 is 47.2 Å². The molecule has 2 atom stereocenters. The number of benzene rings is 1. The minimum absolute atomic E-state index is 0.243. The molecule has 0 radical (unpaired) electrons. The Bertz CT molecular complexity index is 1080. The summed E-state index contributed by atoms with van der Waals surface area (Å²) >= 11 is 0. The van der Waals surface area contributed by atoms with Gasteiger partial charge in [0.15, 0.2) is 6.10 Å². The number of imidazole rings is 1. The van der Waals surface area contributed by atoms with Gasteiger partial charge in [0.2, 0.25) is 11.8 Å². The number of nitrogens with zero attached hydrogens (tertiary/aromatic N) is 2. The normalized spacial score (nSPS) is 24.7. The highest BCUT2D eigenvalue weighted by Gasteiger charge is 2.54. The minimum atomic E-state index is -1.81. The number of alkyl halides is 2. The van der Waals surface area contributed by atoms with E-state index in [-0.39, 0.29) is 37.7 Å². The molecule has 0 bridgehead atoms. The zero-order valence-electron chi connectivity index (χ0n) is 19.1. The largest absolute Gasteiger partial charge is 0.381 e. The number of halogens is 2. The molecule has 3 amide bonds. The lowest BCUT2D eigenvalue weighted by atomic mass is 9.70. The number of hydrogen-bond acceptors (Lipinski definition) is 5. The van der Waals surface area contributed by atoms with E-state index in [2.05, 4.69) is 15.6 Å². The van der Waals surface area contributed by atoms with Crippen molar-refractivity contribution < 1.29 is 28.3 Å². The van der Waals surface area contributed by atoms with Gasteiger partial charge in [0, 0.05) is 42.9 Å². The van der Waals surface area contributed by atoms with Gasteiger partial charge in [0.25, 0.3) is 5.91 Å². The summed E-state index contributed by atoms with van der Waals surface area (Å²) in [5.41, 5.74) is 2.87. The maximum atomic E-state index is 15.4. The van der Waals surface area contributed by atoms with Gasteiger partial charge in [-0.25, -0.2) is 13.8 Å². The molecule has 2 fully saturated rings. The molecular formula is C24H29F2N5O4. The molecule has 2 aliphatic rings. The molecule has 0 saturated heterocycles. The molecule has 188 valence electrons. The van der Waals surface area contributed by atoms with Crippen molar-refractivity contribution in [1.82, 2.24) is 20.2 Å². The van der Waals surface area contributed by atoms with E-state index in [4.69, 9.17) is 5.73 Å². The number of aliphatic hydroxyl groups excluding tert-OH is 1. The summed E-state index contributed by atoms with van der Waals surface area (Å²) in [5.74, 6) is -2.51. The second-order valence-corrected chi connectivity index (χ2v) is 9.56. The summed E-state index contributed by atoms with van der Waals surface area (Å²) < 4.78 is 30.8. The van der Waals surface area contributed by atoms with Crippen molar-refractivity contribution in [2.75, 3.05) is 0 Å². The van der Waals surface area contributed by atoms with Crippen molar-refractivity contribution in [3.05, 3.63) is 48.5 Å². The molecule has 35 heavy (non-hydrogen) atoms. The van der Waals surface area contributed by atoms with Crippen LogP contribution in [0.3, 0.4) is 0 Å². The highest BCUT2D eigenvalue weighted by atomic mass is 19.1. The van der Waals surface area contributed by atoms with E-state index in [0.717, 1.165) is 0 Å². The third kappa shape index (κ3) is 5.34. The summed E-state index contributed by atoms with van der Waals surface area (Å²) in [6.07, 6.45) is 2.67. The zero-order chi connectivity index (χ0) is 25.2. The van der Waals surface area contributed by atoms with E-state index in [1.54, 1.807) is 47.6 Å². The highest BCUT2D eigenvalue weighted by molar-refractivity contribution is 5.98. The molecule has 5 N–H and O–H groups in total. The van der Waals surface area contributed by atoms with Gasteiger partial charge in [-0.1, -0.05) is 18.9 Å². The molecule has 2 aliphatic carbocycles. The first-order valence-electron chi connectivity index (χ1n) is 11.6. The molecule has 0 spiro atoms. The lowest BCUT2D eigenvalue weighted by molar-refractivity contribution is -0.142. The Morgan fingerprint density at radius 1 is 1.26 bits per heavy atom. The Kier molecular flexibility index (Phi) is 6.88. The monoisotopic (exact) mass is 489 g/mol. The molecule has 0 aliphatic heterocycles. The summed E-state index contributed by atoms with van der Waals surface area (Å²) in [6, 6.07) is 5.30. The Hall–Kier alpha value is -3.34. The first-order valence-corrected chi connectivity index (χ1v) is 11.6. The number of nitrogens with one attached hydrogen (secondary N) is 2. The summed E-state index contributed by atoms with van der Waals surface area (Å²) in [5, 5.41) is 15.3.